The van der Waals surface area contributed by atoms with E-state index in [1.54, 1.807) is 18.2 Å². The third-order valence-electron chi connectivity index (χ3n) is 3.75. The molecule has 1 N–H and O–H groups in total. The van der Waals surface area contributed by atoms with Gasteiger partial charge in [-0.3, -0.25) is 9.69 Å². The van der Waals surface area contributed by atoms with E-state index in [9.17, 15) is 4.79 Å². The van der Waals surface area contributed by atoms with Crippen molar-refractivity contribution in [2.24, 2.45) is 0 Å². The highest BCUT2D eigenvalue weighted by atomic mass is 35.5. The van der Waals surface area contributed by atoms with Crippen molar-refractivity contribution in [3.05, 3.63) is 34.1 Å². The van der Waals surface area contributed by atoms with Crippen LogP contribution in [0.1, 0.15) is 5.89 Å². The Bertz CT molecular complexity index is 753. The quantitative estimate of drug-likeness (QED) is 0.694. The van der Waals surface area contributed by atoms with Gasteiger partial charge in [0.05, 0.1) is 34.7 Å². The molecule has 1 amide bonds. The summed E-state index contributed by atoms with van der Waals surface area (Å²) in [6.07, 6.45) is 0.678. The lowest BCUT2D eigenvalue weighted by atomic mass is 10.3. The van der Waals surface area contributed by atoms with Gasteiger partial charge in [-0.1, -0.05) is 41.0 Å². The first-order valence-electron chi connectivity index (χ1n) is 8.11. The zero-order chi connectivity index (χ0) is 18.4. The molecule has 0 radical (unpaired) electrons. The number of carbonyl (C=O) groups excluding carboxylic acids is 1. The van der Waals surface area contributed by atoms with Crippen molar-refractivity contribution in [1.82, 2.24) is 15.1 Å². The van der Waals surface area contributed by atoms with E-state index in [1.807, 2.05) is 0 Å². The maximum atomic E-state index is 12.0. The molecule has 0 saturated carbocycles. The Morgan fingerprint density at radius 2 is 2.08 bits per heavy atom. The first kappa shape index (κ1) is 19.4. The van der Waals surface area contributed by atoms with Gasteiger partial charge in [0.1, 0.15) is 0 Å². The van der Waals surface area contributed by atoms with Crippen molar-refractivity contribution in [2.75, 3.05) is 43.9 Å². The number of anilines is 1. The van der Waals surface area contributed by atoms with Crippen LogP contribution in [0.5, 0.6) is 0 Å². The Morgan fingerprint density at radius 1 is 1.27 bits per heavy atom. The van der Waals surface area contributed by atoms with Crippen LogP contribution in [0.3, 0.4) is 0 Å². The highest BCUT2D eigenvalue weighted by Crippen LogP contribution is 2.29. The van der Waals surface area contributed by atoms with E-state index in [-0.39, 0.29) is 11.7 Å². The smallest absolute Gasteiger partial charge is 0.277 e. The minimum atomic E-state index is -0.229. The third kappa shape index (κ3) is 5.59. The summed E-state index contributed by atoms with van der Waals surface area (Å²) in [6, 6.07) is 5.06. The topological polar surface area (TPSA) is 80.5 Å². The Hall–Kier alpha value is -1.32. The molecule has 1 aliphatic rings. The van der Waals surface area contributed by atoms with Gasteiger partial charge < -0.3 is 14.5 Å². The van der Waals surface area contributed by atoms with E-state index in [0.29, 0.717) is 33.3 Å². The minimum absolute atomic E-state index is 0.133. The molecule has 26 heavy (non-hydrogen) atoms. The molecular weight excluding hydrogens is 399 g/mol. The Kier molecular flexibility index (Phi) is 7.15. The number of ether oxygens (including phenoxy) is 1. The number of amides is 1. The van der Waals surface area contributed by atoms with Gasteiger partial charge in [0, 0.05) is 26.1 Å². The summed E-state index contributed by atoms with van der Waals surface area (Å²) in [7, 11) is 0. The molecule has 0 unspecified atom stereocenters. The number of hydrogen-bond acceptors (Lipinski definition) is 7. The lowest BCUT2D eigenvalue weighted by Crippen LogP contribution is -2.37. The fraction of sp³-hybridized carbons (Fsp3) is 0.438. The molecule has 140 valence electrons. The monoisotopic (exact) mass is 416 g/mol. The SMILES string of the molecule is O=C(CSc1nnc(CCN2CCOCC2)o1)Nc1cccc(Cl)c1Cl. The number of aromatic nitrogens is 2. The highest BCUT2D eigenvalue weighted by Gasteiger charge is 2.14. The average molecular weight is 417 g/mol. The molecule has 0 aliphatic carbocycles. The van der Waals surface area contributed by atoms with E-state index in [0.717, 1.165) is 32.8 Å². The molecule has 0 atom stereocenters. The molecule has 1 aromatic carbocycles. The predicted molar refractivity (Wildman–Crippen MR) is 101 cm³/mol. The van der Waals surface area contributed by atoms with Gasteiger partial charge >= 0.3 is 0 Å². The van der Waals surface area contributed by atoms with Crippen LogP contribution in [0.15, 0.2) is 27.8 Å². The van der Waals surface area contributed by atoms with Gasteiger partial charge in [0.25, 0.3) is 5.22 Å². The summed E-state index contributed by atoms with van der Waals surface area (Å²) in [5.41, 5.74) is 0.474. The number of carbonyl (C=O) groups is 1. The zero-order valence-electron chi connectivity index (χ0n) is 13.9. The molecule has 2 heterocycles. The second-order valence-corrected chi connectivity index (χ2v) is 7.32. The second-order valence-electron chi connectivity index (χ2n) is 5.60. The number of rotatable bonds is 7. The van der Waals surface area contributed by atoms with Crippen LogP contribution >= 0.6 is 35.0 Å². The van der Waals surface area contributed by atoms with Gasteiger partial charge in [0.2, 0.25) is 11.8 Å². The van der Waals surface area contributed by atoms with Crippen molar-refractivity contribution in [2.45, 2.75) is 11.6 Å². The van der Waals surface area contributed by atoms with Crippen LogP contribution < -0.4 is 5.32 Å². The lowest BCUT2D eigenvalue weighted by molar-refractivity contribution is -0.113. The summed E-state index contributed by atoms with van der Waals surface area (Å²) in [4.78, 5) is 14.3. The Balaban J connectivity index is 1.43. The van der Waals surface area contributed by atoms with Crippen molar-refractivity contribution in [3.8, 4) is 0 Å². The fourth-order valence-corrected chi connectivity index (χ4v) is 3.32. The molecule has 0 bridgehead atoms. The van der Waals surface area contributed by atoms with Gasteiger partial charge in [-0.05, 0) is 12.1 Å². The number of halogens is 2. The van der Waals surface area contributed by atoms with Crippen molar-refractivity contribution >= 4 is 46.6 Å². The summed E-state index contributed by atoms with van der Waals surface area (Å²) in [5.74, 6) is 0.470. The Morgan fingerprint density at radius 3 is 2.88 bits per heavy atom. The molecule has 1 aromatic heterocycles. The maximum absolute atomic E-state index is 12.0. The zero-order valence-corrected chi connectivity index (χ0v) is 16.2. The first-order chi connectivity index (χ1) is 12.6. The van der Waals surface area contributed by atoms with E-state index >= 15 is 0 Å². The average Bonchev–Trinajstić information content (AvgIpc) is 3.11. The molecule has 1 aliphatic heterocycles. The number of morpholine rings is 1. The number of benzene rings is 1. The summed E-state index contributed by atoms with van der Waals surface area (Å²) in [5, 5.41) is 11.8. The van der Waals surface area contributed by atoms with Crippen molar-refractivity contribution in [3.63, 3.8) is 0 Å². The maximum Gasteiger partial charge on any atom is 0.277 e. The van der Waals surface area contributed by atoms with Crippen LogP contribution in [0.2, 0.25) is 10.0 Å². The molecule has 1 fully saturated rings. The van der Waals surface area contributed by atoms with Crippen molar-refractivity contribution < 1.29 is 13.9 Å². The lowest BCUT2D eigenvalue weighted by Gasteiger charge is -2.25. The van der Waals surface area contributed by atoms with Crippen LogP contribution in [-0.2, 0) is 16.0 Å². The van der Waals surface area contributed by atoms with E-state index < -0.39 is 0 Å². The molecule has 3 rings (SSSR count). The molecule has 7 nitrogen and oxygen atoms in total. The molecule has 2 aromatic rings. The first-order valence-corrected chi connectivity index (χ1v) is 9.85. The van der Waals surface area contributed by atoms with Gasteiger partial charge in [-0.2, -0.15) is 0 Å². The standard InChI is InChI=1S/C16H18Cl2N4O3S/c17-11-2-1-3-12(15(11)18)19-13(23)10-26-16-21-20-14(25-16)4-5-22-6-8-24-9-7-22/h1-3H,4-10H2,(H,19,23). The van der Waals surface area contributed by atoms with Crippen LogP contribution in [0.4, 0.5) is 5.69 Å². The normalized spacial score (nSPS) is 15.2. The number of nitrogens with one attached hydrogen (secondary N) is 1. The van der Waals surface area contributed by atoms with Crippen LogP contribution in [0, 0.1) is 0 Å². The van der Waals surface area contributed by atoms with Crippen molar-refractivity contribution in [1.29, 1.82) is 0 Å². The fourth-order valence-electron chi connectivity index (χ4n) is 2.39. The second kappa shape index (κ2) is 9.57. The van der Waals surface area contributed by atoms with E-state index in [1.165, 1.54) is 11.8 Å². The number of hydrogen-bond donors (Lipinski definition) is 1. The Labute approximate surface area is 165 Å². The highest BCUT2D eigenvalue weighted by molar-refractivity contribution is 7.99. The largest absolute Gasteiger partial charge is 0.416 e. The summed E-state index contributed by atoms with van der Waals surface area (Å²) < 4.78 is 10.9. The summed E-state index contributed by atoms with van der Waals surface area (Å²) >= 11 is 13.2. The third-order valence-corrected chi connectivity index (χ3v) is 5.38. The van der Waals surface area contributed by atoms with Gasteiger partial charge in [-0.25, -0.2) is 0 Å². The van der Waals surface area contributed by atoms with Crippen LogP contribution in [-0.4, -0.2) is 59.6 Å². The summed E-state index contributed by atoms with van der Waals surface area (Å²) in [6.45, 7) is 4.21. The van der Waals surface area contributed by atoms with E-state index in [4.69, 9.17) is 32.4 Å². The van der Waals surface area contributed by atoms with Gasteiger partial charge in [-0.15, -0.1) is 10.2 Å². The minimum Gasteiger partial charge on any atom is -0.416 e. The molecule has 1 saturated heterocycles. The van der Waals surface area contributed by atoms with E-state index in [2.05, 4.69) is 20.4 Å². The molecule has 10 heteroatoms. The molecular formula is C16H18Cl2N4O3S. The van der Waals surface area contributed by atoms with Gasteiger partial charge in [0.15, 0.2) is 0 Å². The predicted octanol–water partition coefficient (Wildman–Crippen LogP) is 2.98. The number of thioether (sulfide) groups is 1. The number of nitrogens with zero attached hydrogens (tertiary/aromatic N) is 3. The van der Waals surface area contributed by atoms with Crippen LogP contribution in [0.25, 0.3) is 0 Å². The molecule has 0 spiro atoms.